The van der Waals surface area contributed by atoms with Gasteiger partial charge in [-0.15, -0.1) is 0 Å². The molecule has 0 saturated carbocycles. The van der Waals surface area contributed by atoms with Crippen molar-refractivity contribution in [1.82, 2.24) is 15.2 Å². The molecule has 0 atom stereocenters. The summed E-state index contributed by atoms with van der Waals surface area (Å²) in [5, 5.41) is 6.26. The van der Waals surface area contributed by atoms with Gasteiger partial charge in [0.15, 0.2) is 0 Å². The van der Waals surface area contributed by atoms with Crippen molar-refractivity contribution >= 4 is 56.5 Å². The van der Waals surface area contributed by atoms with Crippen LogP contribution in [0.3, 0.4) is 0 Å². The number of anilines is 2. The van der Waals surface area contributed by atoms with Crippen LogP contribution in [0, 0.1) is 13.8 Å². The molecular formula is C30H34ClN5O4S. The van der Waals surface area contributed by atoms with Gasteiger partial charge in [0, 0.05) is 47.8 Å². The third-order valence-corrected chi connectivity index (χ3v) is 9.83. The van der Waals surface area contributed by atoms with Crippen molar-refractivity contribution in [2.24, 2.45) is 0 Å². The van der Waals surface area contributed by atoms with Crippen LogP contribution in [0.15, 0.2) is 47.4 Å². The van der Waals surface area contributed by atoms with E-state index in [1.165, 1.54) is 32.0 Å². The van der Waals surface area contributed by atoms with Gasteiger partial charge in [-0.2, -0.15) is 0 Å². The van der Waals surface area contributed by atoms with Crippen LogP contribution in [-0.2, 0) is 26.0 Å². The first-order chi connectivity index (χ1) is 19.5. The smallest absolute Gasteiger partial charge is 0.264 e. The van der Waals surface area contributed by atoms with Crippen molar-refractivity contribution in [3.63, 3.8) is 0 Å². The molecule has 3 N–H and O–H groups in total. The minimum atomic E-state index is -3.93. The number of carbonyl (C=O) groups excluding carboxylic acids is 2. The molecule has 0 bridgehead atoms. The number of H-pyrrole nitrogens is 1. The molecule has 2 aliphatic rings. The molecule has 5 rings (SSSR count). The first-order valence-electron chi connectivity index (χ1n) is 13.6. The Balaban J connectivity index is 1.37. The molecule has 2 amide bonds. The van der Waals surface area contributed by atoms with E-state index in [-0.39, 0.29) is 23.1 Å². The van der Waals surface area contributed by atoms with Gasteiger partial charge in [0.05, 0.1) is 22.6 Å². The Morgan fingerprint density at radius 3 is 2.63 bits per heavy atom. The van der Waals surface area contributed by atoms with Gasteiger partial charge in [0.2, 0.25) is 5.91 Å². The van der Waals surface area contributed by atoms with Gasteiger partial charge in [0.1, 0.15) is 0 Å². The van der Waals surface area contributed by atoms with Crippen LogP contribution in [0.1, 0.15) is 40.9 Å². The van der Waals surface area contributed by atoms with Crippen molar-refractivity contribution in [2.75, 3.05) is 42.8 Å². The van der Waals surface area contributed by atoms with Crippen molar-refractivity contribution in [3.05, 3.63) is 75.6 Å². The number of halogens is 1. The number of rotatable bonds is 9. The number of amides is 2. The zero-order valence-electron chi connectivity index (χ0n) is 23.4. The monoisotopic (exact) mass is 595 g/mol. The number of carbonyl (C=O) groups is 2. The van der Waals surface area contributed by atoms with Crippen LogP contribution in [0.4, 0.5) is 11.4 Å². The number of likely N-dealkylation sites (tertiary alicyclic amines) is 1. The zero-order chi connectivity index (χ0) is 29.3. The van der Waals surface area contributed by atoms with Crippen molar-refractivity contribution in [1.29, 1.82) is 0 Å². The summed E-state index contributed by atoms with van der Waals surface area (Å²) in [5.74, 6) is -0.373. The number of nitrogens with zero attached hydrogens (tertiary/aromatic N) is 2. The predicted molar refractivity (Wildman–Crippen MR) is 163 cm³/mol. The average Bonchev–Trinajstić information content (AvgIpc) is 3.63. The van der Waals surface area contributed by atoms with E-state index in [9.17, 15) is 18.0 Å². The summed E-state index contributed by atoms with van der Waals surface area (Å²) in [6.45, 7) is 7.47. The van der Waals surface area contributed by atoms with Crippen LogP contribution >= 0.6 is 11.6 Å². The number of sulfonamides is 1. The number of aromatic amines is 1. The molecule has 0 unspecified atom stereocenters. The minimum Gasteiger partial charge on any atom is -0.359 e. The highest BCUT2D eigenvalue weighted by Crippen LogP contribution is 2.36. The Kier molecular flexibility index (Phi) is 8.26. The predicted octanol–water partition coefficient (Wildman–Crippen LogP) is 4.36. The van der Waals surface area contributed by atoms with Crippen LogP contribution < -0.4 is 14.9 Å². The summed E-state index contributed by atoms with van der Waals surface area (Å²) in [6, 6.07) is 11.2. The van der Waals surface area contributed by atoms with Gasteiger partial charge in [-0.1, -0.05) is 17.7 Å². The summed E-state index contributed by atoms with van der Waals surface area (Å²) in [5.41, 5.74) is 5.09. The summed E-state index contributed by atoms with van der Waals surface area (Å²) in [6.07, 6.45) is 4.38. The Morgan fingerprint density at radius 1 is 1.15 bits per heavy atom. The second-order valence-corrected chi connectivity index (χ2v) is 12.9. The maximum Gasteiger partial charge on any atom is 0.264 e. The Hall–Kier alpha value is -3.60. The van der Waals surface area contributed by atoms with Crippen molar-refractivity contribution < 1.29 is 18.0 Å². The maximum absolute atomic E-state index is 13.5. The van der Waals surface area contributed by atoms with Gasteiger partial charge in [-0.3, -0.25) is 13.9 Å². The lowest BCUT2D eigenvalue weighted by molar-refractivity contribution is -0.120. The molecule has 9 nitrogen and oxygen atoms in total. The Labute approximate surface area is 245 Å². The number of aromatic nitrogens is 1. The van der Waals surface area contributed by atoms with Gasteiger partial charge in [-0.05, 0) is 93.4 Å². The molecule has 11 heteroatoms. The number of hydrogen-bond donors (Lipinski definition) is 3. The zero-order valence-corrected chi connectivity index (χ0v) is 25.0. The van der Waals surface area contributed by atoms with Crippen LogP contribution in [0.5, 0.6) is 0 Å². The third kappa shape index (κ3) is 6.05. The number of nitrogens with one attached hydrogen (secondary N) is 3. The largest absolute Gasteiger partial charge is 0.359 e. The fraction of sp³-hybridized carbons (Fsp3) is 0.333. The molecule has 1 aromatic heterocycles. The highest BCUT2D eigenvalue weighted by atomic mass is 35.5. The van der Waals surface area contributed by atoms with E-state index in [1.54, 1.807) is 36.4 Å². The lowest BCUT2D eigenvalue weighted by Gasteiger charge is -2.20. The standard InChI is InChI=1S/C30H34ClN5O4S/c1-19-24(18-29(37)32-11-14-36-12-4-5-13-36)20(2)33-28(19)17-26-25-16-23(9-10-27(25)34-30(26)38)41(39,40)35(3)22-8-6-7-21(31)15-22/h6-10,15-17,33H,4-5,11-14,18H2,1-3H3,(H,32,37)(H,34,38)/b26-17-. The number of aryl methyl sites for hydroxylation is 1. The molecule has 41 heavy (non-hydrogen) atoms. The van der Waals surface area contributed by atoms with E-state index >= 15 is 0 Å². The molecule has 216 valence electrons. The minimum absolute atomic E-state index is 0.0452. The number of fused-ring (bicyclic) bond motifs is 1. The van der Waals surface area contributed by atoms with Gasteiger partial charge >= 0.3 is 0 Å². The molecule has 0 aliphatic carbocycles. The average molecular weight is 596 g/mol. The summed E-state index contributed by atoms with van der Waals surface area (Å²) >= 11 is 6.07. The highest BCUT2D eigenvalue weighted by Gasteiger charge is 2.29. The van der Waals surface area contributed by atoms with Crippen LogP contribution in [-0.4, -0.2) is 63.3 Å². The number of benzene rings is 2. The molecule has 1 saturated heterocycles. The van der Waals surface area contributed by atoms with E-state index in [1.807, 2.05) is 13.8 Å². The Bertz CT molecular complexity index is 1640. The molecule has 0 spiro atoms. The maximum atomic E-state index is 13.5. The quantitative estimate of drug-likeness (QED) is 0.318. The van der Waals surface area contributed by atoms with E-state index in [0.29, 0.717) is 39.8 Å². The second kappa shape index (κ2) is 11.7. The fourth-order valence-electron chi connectivity index (χ4n) is 5.39. The summed E-state index contributed by atoms with van der Waals surface area (Å²) in [7, 11) is -2.47. The highest BCUT2D eigenvalue weighted by molar-refractivity contribution is 7.92. The normalized spacial score (nSPS) is 16.2. The van der Waals surface area contributed by atoms with Gasteiger partial charge < -0.3 is 20.5 Å². The molecular weight excluding hydrogens is 562 g/mol. The molecule has 2 aromatic carbocycles. The van der Waals surface area contributed by atoms with Crippen LogP contribution in [0.25, 0.3) is 11.6 Å². The van der Waals surface area contributed by atoms with E-state index in [4.69, 9.17) is 11.6 Å². The molecule has 1 fully saturated rings. The summed E-state index contributed by atoms with van der Waals surface area (Å²) < 4.78 is 28.1. The third-order valence-electron chi connectivity index (χ3n) is 7.81. The van der Waals surface area contributed by atoms with Gasteiger partial charge in [-0.25, -0.2) is 8.42 Å². The van der Waals surface area contributed by atoms with Crippen molar-refractivity contribution in [3.8, 4) is 0 Å². The van der Waals surface area contributed by atoms with Gasteiger partial charge in [0.25, 0.3) is 15.9 Å². The number of hydrogen-bond acceptors (Lipinski definition) is 5. The van der Waals surface area contributed by atoms with E-state index < -0.39 is 10.0 Å². The molecule has 3 aromatic rings. The lowest BCUT2D eigenvalue weighted by Crippen LogP contribution is -2.34. The molecule has 3 heterocycles. The fourth-order valence-corrected chi connectivity index (χ4v) is 6.79. The first kappa shape index (κ1) is 28.9. The van der Waals surface area contributed by atoms with Crippen molar-refractivity contribution in [2.45, 2.75) is 38.0 Å². The second-order valence-electron chi connectivity index (χ2n) is 10.5. The van der Waals surface area contributed by atoms with E-state index in [0.717, 1.165) is 40.8 Å². The summed E-state index contributed by atoms with van der Waals surface area (Å²) in [4.78, 5) is 31.3. The van der Waals surface area contributed by atoms with Crippen LogP contribution in [0.2, 0.25) is 5.02 Å². The lowest BCUT2D eigenvalue weighted by atomic mass is 10.0. The Morgan fingerprint density at radius 2 is 1.90 bits per heavy atom. The first-order valence-corrected chi connectivity index (χ1v) is 15.5. The molecule has 2 aliphatic heterocycles. The SMILES string of the molecule is Cc1[nH]c(/C=C2\C(=O)Nc3ccc(S(=O)(=O)N(C)c4cccc(Cl)c4)cc32)c(C)c1CC(=O)NCCN1CCCC1. The van der Waals surface area contributed by atoms with E-state index in [2.05, 4.69) is 20.5 Å². The topological polar surface area (TPSA) is 115 Å². The molecule has 0 radical (unpaired) electrons.